The first kappa shape index (κ1) is 63.5. The summed E-state index contributed by atoms with van der Waals surface area (Å²) in [7, 11) is 1.63. The van der Waals surface area contributed by atoms with Gasteiger partial charge in [0.1, 0.15) is 24.4 Å². The largest absolute Gasteiger partial charge is 0.444 e. The van der Waals surface area contributed by atoms with Crippen LogP contribution < -0.4 is 37.2 Å². The molecule has 3 aliphatic rings. The number of carbonyl (C=O) groups excluding carboxylic acids is 12. The highest BCUT2D eigenvalue weighted by atomic mass is 35.5. The van der Waals surface area contributed by atoms with Crippen LogP contribution in [-0.2, 0) is 78.6 Å². The normalized spacial score (nSPS) is 15.1. The highest BCUT2D eigenvalue weighted by Crippen LogP contribution is 2.30. The molecule has 25 nitrogen and oxygen atoms in total. The number of amides is 13. The Bertz CT molecular complexity index is 2950. The van der Waals surface area contributed by atoms with Crippen LogP contribution in [0.3, 0.4) is 0 Å². The van der Waals surface area contributed by atoms with E-state index in [1.807, 2.05) is 0 Å². The van der Waals surface area contributed by atoms with Crippen molar-refractivity contribution in [3.8, 4) is 0 Å². The number of fused-ring (bicyclic) bond motifs is 1. The number of halogens is 1. The standard InChI is InChI=1S/C57H70ClN11O14/c1-57(2,3)83-56(81)66(4)24-26-82-25-22-38-15-16-40(29-42(38)58)64-55(80)62-30-37-14-17-41-39(27-37)34-68(53(41)78)44-18-19-51(76)69(54(44)79)35-63-47(72)32-61-52(77)43(28-36-11-7-5-8-12-36)65-48(73)33-60-46(71)31-59-45(70)13-9-6-10-23-67-49(74)20-21-50(67)75/h5,7-8,11-12,14-17,20-21,27,29,43-44H,6,9-10,13,18-19,22-26,28,30-35H2,1-4H3,(H,59,70)(H,60,71)(H,61,77)(H,63,72)(H,65,73)(H2,62,64,80)/t43-,44?/m0/s1. The third-order valence-electron chi connectivity index (χ3n) is 13.3. The van der Waals surface area contributed by atoms with Crippen molar-refractivity contribution in [2.75, 3.05) is 65.0 Å². The average Bonchev–Trinajstić information content (AvgIpc) is 4.18. The van der Waals surface area contributed by atoms with Gasteiger partial charge in [-0.3, -0.25) is 57.7 Å². The van der Waals surface area contributed by atoms with E-state index in [4.69, 9.17) is 21.1 Å². The van der Waals surface area contributed by atoms with E-state index >= 15 is 0 Å². The average molecular weight is 1170 g/mol. The highest BCUT2D eigenvalue weighted by molar-refractivity contribution is 6.31. The van der Waals surface area contributed by atoms with Crippen molar-refractivity contribution < 1.29 is 67.0 Å². The summed E-state index contributed by atoms with van der Waals surface area (Å²) >= 11 is 6.51. The van der Waals surface area contributed by atoms with E-state index < -0.39 is 103 Å². The minimum Gasteiger partial charge on any atom is -0.444 e. The van der Waals surface area contributed by atoms with E-state index in [9.17, 15) is 57.5 Å². The van der Waals surface area contributed by atoms with E-state index in [-0.39, 0.29) is 57.1 Å². The first-order valence-electron chi connectivity index (χ1n) is 27.1. The minimum absolute atomic E-state index is 0.00507. The second-order valence-corrected chi connectivity index (χ2v) is 21.2. The molecule has 13 amide bonds. The molecule has 3 aromatic rings. The fourth-order valence-corrected chi connectivity index (χ4v) is 9.13. The molecule has 444 valence electrons. The van der Waals surface area contributed by atoms with Gasteiger partial charge in [0.2, 0.25) is 35.4 Å². The number of benzene rings is 3. The van der Waals surface area contributed by atoms with E-state index in [1.54, 1.807) is 94.5 Å². The molecule has 0 aromatic heterocycles. The molecule has 83 heavy (non-hydrogen) atoms. The molecule has 2 atom stereocenters. The van der Waals surface area contributed by atoms with Crippen molar-refractivity contribution in [3.63, 3.8) is 0 Å². The van der Waals surface area contributed by atoms with Gasteiger partial charge in [0.05, 0.1) is 32.8 Å². The Labute approximate surface area is 484 Å². The van der Waals surface area contributed by atoms with E-state index in [0.29, 0.717) is 78.4 Å². The lowest BCUT2D eigenvalue weighted by Crippen LogP contribution is -2.57. The van der Waals surface area contributed by atoms with Crippen molar-refractivity contribution in [1.82, 2.24) is 51.5 Å². The van der Waals surface area contributed by atoms with Gasteiger partial charge >= 0.3 is 12.1 Å². The molecule has 26 heteroatoms. The van der Waals surface area contributed by atoms with Gasteiger partial charge in [0.25, 0.3) is 23.6 Å². The number of rotatable bonds is 28. The number of imide groups is 2. The van der Waals surface area contributed by atoms with Gasteiger partial charge in [-0.15, -0.1) is 0 Å². The maximum absolute atomic E-state index is 13.8. The number of hydrogen-bond donors (Lipinski definition) is 7. The van der Waals surface area contributed by atoms with Crippen LogP contribution in [0.1, 0.15) is 91.9 Å². The van der Waals surface area contributed by atoms with Crippen molar-refractivity contribution in [1.29, 1.82) is 0 Å². The zero-order chi connectivity index (χ0) is 60.2. The predicted octanol–water partition coefficient (Wildman–Crippen LogP) is 2.20. The number of piperidine rings is 1. The highest BCUT2D eigenvalue weighted by Gasteiger charge is 2.43. The van der Waals surface area contributed by atoms with Crippen LogP contribution in [0.4, 0.5) is 15.3 Å². The summed E-state index contributed by atoms with van der Waals surface area (Å²) in [6.07, 6.45) is 4.04. The summed E-state index contributed by atoms with van der Waals surface area (Å²) in [4.78, 5) is 158. The first-order chi connectivity index (χ1) is 39.5. The van der Waals surface area contributed by atoms with Crippen molar-refractivity contribution in [2.24, 2.45) is 0 Å². The molecule has 3 heterocycles. The van der Waals surface area contributed by atoms with Gasteiger partial charge in [-0.05, 0) is 86.9 Å². The summed E-state index contributed by atoms with van der Waals surface area (Å²) in [6, 6.07) is 16.1. The number of nitrogens with zero attached hydrogens (tertiary/aromatic N) is 4. The predicted molar refractivity (Wildman–Crippen MR) is 300 cm³/mol. The van der Waals surface area contributed by atoms with Crippen LogP contribution >= 0.6 is 11.6 Å². The molecular weight excluding hydrogens is 1100 g/mol. The summed E-state index contributed by atoms with van der Waals surface area (Å²) in [5, 5.41) is 18.3. The smallest absolute Gasteiger partial charge is 0.410 e. The first-order valence-corrected chi connectivity index (χ1v) is 27.5. The second kappa shape index (κ2) is 30.4. The topological polar surface area (TPSA) is 320 Å². The SMILES string of the molecule is CN(CCOCCc1ccc(NC(=O)NCc2ccc3c(c2)CN(C2CCC(=O)N(CNC(=O)CNC(=O)[C@H](Cc4ccccc4)NC(=O)CNC(=O)CNC(=O)CCCCCN4C(=O)C=CC4=O)C2=O)C3=O)cc1Cl)C(=O)OC(C)(C)C. The summed E-state index contributed by atoms with van der Waals surface area (Å²) in [5.41, 5.74) is 2.96. The molecular formula is C57H70ClN11O14. The van der Waals surface area contributed by atoms with Gasteiger partial charge in [-0.1, -0.05) is 66.6 Å². The van der Waals surface area contributed by atoms with E-state index in [1.165, 1.54) is 22.0 Å². The number of carbonyl (C=O) groups is 12. The number of nitrogens with one attached hydrogen (secondary N) is 7. The van der Waals surface area contributed by atoms with Gasteiger partial charge in [0.15, 0.2) is 0 Å². The van der Waals surface area contributed by atoms with Crippen molar-refractivity contribution in [2.45, 2.75) is 103 Å². The summed E-state index contributed by atoms with van der Waals surface area (Å²) < 4.78 is 11.0. The molecule has 7 N–H and O–H groups in total. The molecule has 0 bridgehead atoms. The zero-order valence-electron chi connectivity index (χ0n) is 46.8. The van der Waals surface area contributed by atoms with Gasteiger partial charge < -0.3 is 56.5 Å². The number of likely N-dealkylation sites (tertiary alicyclic amines) is 1. The van der Waals surface area contributed by atoms with Crippen LogP contribution in [-0.4, -0.2) is 168 Å². The number of urea groups is 1. The molecule has 1 unspecified atom stereocenters. The molecule has 3 aromatic carbocycles. The molecule has 0 saturated carbocycles. The van der Waals surface area contributed by atoms with Gasteiger partial charge in [0, 0.05) is 80.9 Å². The molecule has 1 saturated heterocycles. The Kier molecular flexibility index (Phi) is 23.2. The Balaban J connectivity index is 0.897. The number of ether oxygens (including phenoxy) is 2. The third-order valence-corrected chi connectivity index (χ3v) is 13.6. The van der Waals surface area contributed by atoms with Crippen LogP contribution in [0, 0.1) is 0 Å². The lowest BCUT2D eigenvalue weighted by molar-refractivity contribution is -0.153. The lowest BCUT2D eigenvalue weighted by Gasteiger charge is -2.35. The number of likely N-dealkylation sites (N-methyl/N-ethyl adjacent to an activating group) is 1. The molecule has 0 spiro atoms. The zero-order valence-corrected chi connectivity index (χ0v) is 47.5. The summed E-state index contributed by atoms with van der Waals surface area (Å²) in [5.74, 6) is -5.81. The molecule has 3 aliphatic heterocycles. The monoisotopic (exact) mass is 1170 g/mol. The number of hydrogen-bond acceptors (Lipinski definition) is 14. The fourth-order valence-electron chi connectivity index (χ4n) is 8.85. The Morgan fingerprint density at radius 1 is 0.747 bits per heavy atom. The quantitative estimate of drug-likeness (QED) is 0.0405. The van der Waals surface area contributed by atoms with Crippen LogP contribution in [0.5, 0.6) is 0 Å². The third kappa shape index (κ3) is 19.8. The van der Waals surface area contributed by atoms with E-state index in [2.05, 4.69) is 37.2 Å². The Morgan fingerprint density at radius 2 is 1.45 bits per heavy atom. The summed E-state index contributed by atoms with van der Waals surface area (Å²) in [6.45, 7) is 4.65. The van der Waals surface area contributed by atoms with Crippen LogP contribution in [0.15, 0.2) is 78.9 Å². The molecule has 0 radical (unpaired) electrons. The van der Waals surface area contributed by atoms with Crippen molar-refractivity contribution in [3.05, 3.63) is 112 Å². The molecule has 0 aliphatic carbocycles. The lowest BCUT2D eigenvalue weighted by atomic mass is 10.0. The number of unbranched alkanes of at least 4 members (excludes halogenated alkanes) is 2. The number of anilines is 1. The second-order valence-electron chi connectivity index (χ2n) is 20.8. The Hall–Kier alpha value is -8.71. The maximum atomic E-state index is 13.8. The molecule has 1 fully saturated rings. The van der Waals surface area contributed by atoms with Crippen LogP contribution in [0.25, 0.3) is 0 Å². The van der Waals surface area contributed by atoms with Gasteiger partial charge in [-0.25, -0.2) is 9.59 Å². The van der Waals surface area contributed by atoms with Crippen LogP contribution in [0.2, 0.25) is 5.02 Å². The van der Waals surface area contributed by atoms with E-state index in [0.717, 1.165) is 15.4 Å². The maximum Gasteiger partial charge on any atom is 0.410 e. The fraction of sp³-hybridized carbons (Fsp3) is 0.439. The minimum atomic E-state index is -1.21. The van der Waals surface area contributed by atoms with Crippen molar-refractivity contribution >= 4 is 88.5 Å². The Morgan fingerprint density at radius 3 is 2.17 bits per heavy atom. The molecule has 6 rings (SSSR count). The van der Waals surface area contributed by atoms with Gasteiger partial charge in [-0.2, -0.15) is 0 Å².